The summed E-state index contributed by atoms with van der Waals surface area (Å²) in [5, 5.41) is 24.9. The maximum Gasteiger partial charge on any atom is 0.251 e. The second-order valence-electron chi connectivity index (χ2n) is 6.53. The summed E-state index contributed by atoms with van der Waals surface area (Å²) in [7, 11) is 0. The number of hydrogen-bond donors (Lipinski definition) is 2. The zero-order chi connectivity index (χ0) is 17.6. The molecule has 2 N–H and O–H groups in total. The Labute approximate surface area is 143 Å². The van der Waals surface area contributed by atoms with Crippen molar-refractivity contribution in [3.8, 4) is 17.1 Å². The molecular formula is C17H17N5O3. The number of H-pyrrole nitrogens is 1. The Morgan fingerprint density at radius 1 is 1.28 bits per heavy atom. The van der Waals surface area contributed by atoms with E-state index in [1.165, 1.54) is 10.6 Å². The largest absolute Gasteiger partial charge is 0.485 e. The number of nitrogens with zero attached hydrogens (tertiary/aromatic N) is 4. The van der Waals surface area contributed by atoms with Crippen LogP contribution in [-0.4, -0.2) is 42.0 Å². The fraction of sp³-hybridized carbons (Fsp3) is 0.294. The molecule has 3 heterocycles. The summed E-state index contributed by atoms with van der Waals surface area (Å²) in [6.07, 6.45) is 0.753. The SMILES string of the molecule is CC1(C)Oc2ccc(-c3nn[nH]n3)cc2[C@H](n2ccccc2=O)[C@H]1O. The Morgan fingerprint density at radius 2 is 2.12 bits per heavy atom. The zero-order valence-electron chi connectivity index (χ0n) is 13.7. The summed E-state index contributed by atoms with van der Waals surface area (Å²) < 4.78 is 7.49. The minimum atomic E-state index is -0.916. The third-order valence-corrected chi connectivity index (χ3v) is 4.47. The third kappa shape index (κ3) is 2.51. The number of aliphatic hydroxyl groups excluding tert-OH is 1. The van der Waals surface area contributed by atoms with Crippen molar-refractivity contribution in [3.05, 3.63) is 58.5 Å². The van der Waals surface area contributed by atoms with Gasteiger partial charge in [0.05, 0.1) is 6.04 Å². The van der Waals surface area contributed by atoms with Gasteiger partial charge < -0.3 is 14.4 Å². The van der Waals surface area contributed by atoms with E-state index in [-0.39, 0.29) is 5.56 Å². The Morgan fingerprint density at radius 3 is 2.84 bits per heavy atom. The Hall–Kier alpha value is -3.00. The van der Waals surface area contributed by atoms with Crippen LogP contribution in [-0.2, 0) is 0 Å². The molecule has 8 heteroatoms. The average Bonchev–Trinajstić information content (AvgIpc) is 3.11. The van der Waals surface area contributed by atoms with E-state index in [0.717, 1.165) is 5.56 Å². The molecular weight excluding hydrogens is 322 g/mol. The molecule has 0 saturated heterocycles. The first-order valence-electron chi connectivity index (χ1n) is 7.89. The van der Waals surface area contributed by atoms with Gasteiger partial charge in [-0.25, -0.2) is 0 Å². The van der Waals surface area contributed by atoms with Crippen LogP contribution in [0.4, 0.5) is 0 Å². The molecule has 8 nitrogen and oxygen atoms in total. The van der Waals surface area contributed by atoms with Crippen molar-refractivity contribution in [2.24, 2.45) is 0 Å². The number of aromatic amines is 1. The van der Waals surface area contributed by atoms with Gasteiger partial charge >= 0.3 is 0 Å². The molecule has 1 aliphatic rings. The Bertz CT molecular complexity index is 964. The van der Waals surface area contributed by atoms with Crippen molar-refractivity contribution in [3.63, 3.8) is 0 Å². The lowest BCUT2D eigenvalue weighted by Gasteiger charge is -2.42. The summed E-state index contributed by atoms with van der Waals surface area (Å²) in [6, 6.07) is 9.77. The van der Waals surface area contributed by atoms with Crippen LogP contribution >= 0.6 is 0 Å². The molecule has 25 heavy (non-hydrogen) atoms. The number of pyridine rings is 1. The monoisotopic (exact) mass is 339 g/mol. The van der Waals surface area contributed by atoms with Crippen molar-refractivity contribution in [2.45, 2.75) is 31.6 Å². The molecule has 0 amide bonds. The number of rotatable bonds is 2. The first-order valence-corrected chi connectivity index (χ1v) is 7.89. The van der Waals surface area contributed by atoms with Crippen molar-refractivity contribution in [1.82, 2.24) is 25.2 Å². The molecule has 0 saturated carbocycles. The van der Waals surface area contributed by atoms with E-state index in [0.29, 0.717) is 17.1 Å². The van der Waals surface area contributed by atoms with Gasteiger partial charge in [-0.3, -0.25) is 4.79 Å². The fourth-order valence-electron chi connectivity index (χ4n) is 3.16. The van der Waals surface area contributed by atoms with Gasteiger partial charge in [0.15, 0.2) is 0 Å². The van der Waals surface area contributed by atoms with Crippen LogP contribution in [0, 0.1) is 0 Å². The van der Waals surface area contributed by atoms with E-state index < -0.39 is 17.7 Å². The number of nitrogens with one attached hydrogen (secondary N) is 1. The van der Waals surface area contributed by atoms with E-state index in [2.05, 4.69) is 20.6 Å². The van der Waals surface area contributed by atoms with Crippen molar-refractivity contribution < 1.29 is 9.84 Å². The van der Waals surface area contributed by atoms with Crippen molar-refractivity contribution in [1.29, 1.82) is 0 Å². The van der Waals surface area contributed by atoms with Crippen LogP contribution in [0.3, 0.4) is 0 Å². The van der Waals surface area contributed by atoms with Gasteiger partial charge in [-0.15, -0.1) is 10.2 Å². The minimum absolute atomic E-state index is 0.194. The van der Waals surface area contributed by atoms with Crippen molar-refractivity contribution >= 4 is 0 Å². The Kier molecular flexibility index (Phi) is 3.43. The summed E-state index contributed by atoms with van der Waals surface area (Å²) in [4.78, 5) is 12.4. The van der Waals surface area contributed by atoms with Crippen LogP contribution < -0.4 is 10.3 Å². The highest BCUT2D eigenvalue weighted by Gasteiger charge is 2.44. The molecule has 1 aromatic carbocycles. The highest BCUT2D eigenvalue weighted by Crippen LogP contribution is 2.42. The molecule has 2 aromatic heterocycles. The molecule has 3 aromatic rings. The van der Waals surface area contributed by atoms with Gasteiger partial charge in [-0.1, -0.05) is 6.07 Å². The average molecular weight is 339 g/mol. The molecule has 2 atom stereocenters. The number of fused-ring (bicyclic) bond motifs is 1. The van der Waals surface area contributed by atoms with Crippen LogP contribution in [0.2, 0.25) is 0 Å². The number of hydrogen-bond acceptors (Lipinski definition) is 6. The van der Waals surface area contributed by atoms with Crippen LogP contribution in [0.1, 0.15) is 25.5 Å². The summed E-state index contributed by atoms with van der Waals surface area (Å²) >= 11 is 0. The van der Waals surface area contributed by atoms with Crippen LogP contribution in [0.25, 0.3) is 11.4 Å². The maximum absolute atomic E-state index is 12.4. The van der Waals surface area contributed by atoms with Crippen LogP contribution in [0.5, 0.6) is 5.75 Å². The lowest BCUT2D eigenvalue weighted by Crippen LogP contribution is -2.52. The Balaban J connectivity index is 1.93. The van der Waals surface area contributed by atoms with E-state index in [9.17, 15) is 9.90 Å². The van der Waals surface area contributed by atoms with Gasteiger partial charge in [-0.05, 0) is 43.3 Å². The number of ether oxygens (including phenoxy) is 1. The number of benzene rings is 1. The van der Waals surface area contributed by atoms with Gasteiger partial charge in [0.2, 0.25) is 5.82 Å². The van der Waals surface area contributed by atoms with Crippen LogP contribution in [0.15, 0.2) is 47.4 Å². The molecule has 1 aliphatic heterocycles. The topological polar surface area (TPSA) is 106 Å². The molecule has 0 fully saturated rings. The third-order valence-electron chi connectivity index (χ3n) is 4.47. The van der Waals surface area contributed by atoms with Gasteiger partial charge in [0.25, 0.3) is 5.56 Å². The van der Waals surface area contributed by atoms with Gasteiger partial charge in [0.1, 0.15) is 17.5 Å². The van der Waals surface area contributed by atoms with E-state index in [1.807, 2.05) is 12.1 Å². The van der Waals surface area contributed by atoms with E-state index in [4.69, 9.17) is 4.74 Å². The van der Waals surface area contributed by atoms with Gasteiger partial charge in [-0.2, -0.15) is 5.21 Å². The predicted molar refractivity (Wildman–Crippen MR) is 89.2 cm³/mol. The highest BCUT2D eigenvalue weighted by atomic mass is 16.5. The summed E-state index contributed by atoms with van der Waals surface area (Å²) in [6.45, 7) is 3.60. The molecule has 0 bridgehead atoms. The summed E-state index contributed by atoms with van der Waals surface area (Å²) in [5.74, 6) is 1.05. The molecule has 4 rings (SSSR count). The number of tetrazole rings is 1. The smallest absolute Gasteiger partial charge is 0.251 e. The minimum Gasteiger partial charge on any atom is -0.485 e. The zero-order valence-corrected chi connectivity index (χ0v) is 13.7. The highest BCUT2D eigenvalue weighted by molar-refractivity contribution is 5.59. The lowest BCUT2D eigenvalue weighted by atomic mass is 9.85. The lowest BCUT2D eigenvalue weighted by molar-refractivity contribution is -0.0642. The second-order valence-corrected chi connectivity index (χ2v) is 6.53. The van der Waals surface area contributed by atoms with E-state index >= 15 is 0 Å². The normalized spacial score (nSPS) is 21.4. The molecule has 0 radical (unpaired) electrons. The molecule has 128 valence electrons. The standard InChI is InChI=1S/C17H17N5O3/c1-17(2)15(24)14(22-8-4-3-5-13(22)23)11-9-10(6-7-12(11)25-17)16-18-20-21-19-16/h3-9,14-15,24H,1-2H3,(H,18,19,20,21)/t14-,15+/m0/s1. The molecule has 0 spiro atoms. The quantitative estimate of drug-likeness (QED) is 0.725. The van der Waals surface area contributed by atoms with Crippen molar-refractivity contribution in [2.75, 3.05) is 0 Å². The first kappa shape index (κ1) is 15.5. The first-order chi connectivity index (χ1) is 12.0. The number of aliphatic hydroxyl groups is 1. The number of aromatic nitrogens is 5. The molecule has 0 unspecified atom stereocenters. The van der Waals surface area contributed by atoms with Gasteiger partial charge in [0, 0.05) is 23.4 Å². The van der Waals surface area contributed by atoms with E-state index in [1.54, 1.807) is 38.2 Å². The predicted octanol–water partition coefficient (Wildman–Crippen LogP) is 1.15. The fourth-order valence-corrected chi connectivity index (χ4v) is 3.16. The molecule has 0 aliphatic carbocycles. The second kappa shape index (κ2) is 5.52. The maximum atomic E-state index is 12.4. The summed E-state index contributed by atoms with van der Waals surface area (Å²) in [5.41, 5.74) is 0.375.